The summed E-state index contributed by atoms with van der Waals surface area (Å²) >= 11 is 30.5. The molecule has 1 heterocycles. The summed E-state index contributed by atoms with van der Waals surface area (Å²) in [5.74, 6) is -1.18. The van der Waals surface area contributed by atoms with E-state index in [0.29, 0.717) is 22.2 Å². The second kappa shape index (κ2) is 11.8. The van der Waals surface area contributed by atoms with E-state index in [2.05, 4.69) is 5.32 Å². The van der Waals surface area contributed by atoms with E-state index in [-0.39, 0.29) is 44.4 Å². The number of nitrogens with one attached hydrogen (secondary N) is 1. The monoisotopic (exact) mass is 612 g/mol. The van der Waals surface area contributed by atoms with Gasteiger partial charge in [-0.05, 0) is 66.6 Å². The summed E-state index contributed by atoms with van der Waals surface area (Å²) in [7, 11) is 0. The predicted molar refractivity (Wildman–Crippen MR) is 149 cm³/mol. The van der Waals surface area contributed by atoms with Gasteiger partial charge in [-0.15, -0.1) is 0 Å². The predicted octanol–water partition coefficient (Wildman–Crippen LogP) is 7.60. The smallest absolute Gasteiger partial charge is 0.335 e. The van der Waals surface area contributed by atoms with Crippen molar-refractivity contribution in [2.75, 3.05) is 11.5 Å². The summed E-state index contributed by atoms with van der Waals surface area (Å²) in [6.45, 7) is 2.19. The molecule has 0 bridgehead atoms. The molecule has 0 aliphatic carbocycles. The molecule has 0 spiro atoms. The summed E-state index contributed by atoms with van der Waals surface area (Å²) in [6, 6.07) is 11.4. The topological polar surface area (TPSA) is 84.9 Å². The molecule has 38 heavy (non-hydrogen) atoms. The number of carbonyl (C=O) groups excluding carboxylic acids is 3. The maximum atomic E-state index is 13.2. The van der Waals surface area contributed by atoms with Crippen LogP contribution in [0.2, 0.25) is 25.1 Å². The molecule has 3 aromatic carbocycles. The largest absolute Gasteiger partial charge is 0.490 e. The highest BCUT2D eigenvalue weighted by molar-refractivity contribution is 6.43. The number of benzene rings is 3. The van der Waals surface area contributed by atoms with Gasteiger partial charge in [-0.3, -0.25) is 14.9 Å². The molecular weight excluding hydrogens is 598 g/mol. The number of halogens is 5. The first-order valence-electron chi connectivity index (χ1n) is 11.0. The van der Waals surface area contributed by atoms with Gasteiger partial charge in [0.25, 0.3) is 11.8 Å². The lowest BCUT2D eigenvalue weighted by Crippen LogP contribution is -2.54. The van der Waals surface area contributed by atoms with E-state index in [0.717, 1.165) is 10.5 Å². The summed E-state index contributed by atoms with van der Waals surface area (Å²) in [4.78, 5) is 39.1. The van der Waals surface area contributed by atoms with Crippen molar-refractivity contribution in [1.82, 2.24) is 5.32 Å². The minimum atomic E-state index is -0.922. The van der Waals surface area contributed by atoms with Gasteiger partial charge in [0.1, 0.15) is 12.2 Å². The van der Waals surface area contributed by atoms with Gasteiger partial charge < -0.3 is 9.47 Å². The van der Waals surface area contributed by atoms with Gasteiger partial charge in [0.15, 0.2) is 11.5 Å². The molecule has 1 N–H and O–H groups in total. The zero-order valence-corrected chi connectivity index (χ0v) is 23.3. The van der Waals surface area contributed by atoms with Gasteiger partial charge in [0, 0.05) is 0 Å². The van der Waals surface area contributed by atoms with Crippen LogP contribution in [0.3, 0.4) is 0 Å². The SMILES string of the molecule is CCOc1cc(/C=C2\C(=O)NC(=O)N(c3ccc(Cl)c(Cl)c3)C2=O)cc(Cl)c1OCc1ccc(Cl)c(Cl)c1. The molecule has 0 radical (unpaired) electrons. The summed E-state index contributed by atoms with van der Waals surface area (Å²) in [5, 5.41) is 3.50. The molecule has 196 valence electrons. The van der Waals surface area contributed by atoms with Gasteiger partial charge in [-0.25, -0.2) is 9.69 Å². The number of anilines is 1. The molecule has 0 atom stereocenters. The van der Waals surface area contributed by atoms with E-state index < -0.39 is 17.8 Å². The summed E-state index contributed by atoms with van der Waals surface area (Å²) < 4.78 is 11.6. The number of ether oxygens (including phenoxy) is 2. The molecule has 7 nitrogen and oxygen atoms in total. The van der Waals surface area contributed by atoms with Gasteiger partial charge >= 0.3 is 6.03 Å². The second-order valence-electron chi connectivity index (χ2n) is 7.86. The fraction of sp³-hybridized carbons (Fsp3) is 0.115. The molecule has 1 aliphatic rings. The molecule has 12 heteroatoms. The quantitative estimate of drug-likeness (QED) is 0.219. The van der Waals surface area contributed by atoms with E-state index in [9.17, 15) is 14.4 Å². The summed E-state index contributed by atoms with van der Waals surface area (Å²) in [5.41, 5.74) is 0.945. The maximum Gasteiger partial charge on any atom is 0.335 e. The van der Waals surface area contributed by atoms with Crippen molar-refractivity contribution in [2.45, 2.75) is 13.5 Å². The number of nitrogens with zero attached hydrogens (tertiary/aromatic N) is 1. The fourth-order valence-corrected chi connectivity index (χ4v) is 4.43. The number of urea groups is 1. The normalized spacial score (nSPS) is 14.6. The van der Waals surface area contributed by atoms with Crippen molar-refractivity contribution >= 4 is 87.6 Å². The van der Waals surface area contributed by atoms with Crippen molar-refractivity contribution in [3.05, 3.63) is 90.3 Å². The Morgan fingerprint density at radius 1 is 0.816 bits per heavy atom. The highest BCUT2D eigenvalue weighted by Crippen LogP contribution is 2.38. The third kappa shape index (κ3) is 6.03. The first-order chi connectivity index (χ1) is 18.1. The van der Waals surface area contributed by atoms with E-state index in [1.54, 1.807) is 31.2 Å². The number of carbonyl (C=O) groups is 3. The lowest BCUT2D eigenvalue weighted by Gasteiger charge is -2.26. The number of rotatable bonds is 7. The van der Waals surface area contributed by atoms with Crippen LogP contribution < -0.4 is 19.7 Å². The minimum absolute atomic E-state index is 0.124. The van der Waals surface area contributed by atoms with Crippen LogP contribution in [-0.2, 0) is 16.2 Å². The highest BCUT2D eigenvalue weighted by atomic mass is 35.5. The first kappa shape index (κ1) is 28.1. The Hall–Kier alpha value is -2.94. The zero-order chi connectivity index (χ0) is 27.6. The lowest BCUT2D eigenvalue weighted by atomic mass is 10.1. The Morgan fingerprint density at radius 2 is 1.50 bits per heavy atom. The van der Waals surface area contributed by atoms with E-state index in [1.807, 2.05) is 0 Å². The fourth-order valence-electron chi connectivity index (χ4n) is 3.54. The van der Waals surface area contributed by atoms with Crippen LogP contribution in [0.4, 0.5) is 10.5 Å². The number of amides is 4. The average molecular weight is 615 g/mol. The minimum Gasteiger partial charge on any atom is -0.490 e. The van der Waals surface area contributed by atoms with E-state index in [1.165, 1.54) is 30.3 Å². The lowest BCUT2D eigenvalue weighted by molar-refractivity contribution is -0.122. The Bertz CT molecular complexity index is 1490. The van der Waals surface area contributed by atoms with Crippen LogP contribution in [0.5, 0.6) is 11.5 Å². The zero-order valence-electron chi connectivity index (χ0n) is 19.5. The van der Waals surface area contributed by atoms with E-state index >= 15 is 0 Å². The van der Waals surface area contributed by atoms with Crippen molar-refractivity contribution in [3.63, 3.8) is 0 Å². The molecular formula is C26H17Cl5N2O5. The number of hydrogen-bond donors (Lipinski definition) is 1. The number of barbiturate groups is 1. The van der Waals surface area contributed by atoms with Crippen LogP contribution in [0.25, 0.3) is 6.08 Å². The van der Waals surface area contributed by atoms with Crippen LogP contribution in [0, 0.1) is 0 Å². The van der Waals surface area contributed by atoms with Gasteiger partial charge in [0.05, 0.1) is 37.4 Å². The van der Waals surface area contributed by atoms with Gasteiger partial charge in [-0.1, -0.05) is 64.1 Å². The molecule has 1 saturated heterocycles. The molecule has 1 fully saturated rings. The average Bonchev–Trinajstić information content (AvgIpc) is 2.85. The van der Waals surface area contributed by atoms with Crippen LogP contribution in [0.15, 0.2) is 54.1 Å². The van der Waals surface area contributed by atoms with Crippen molar-refractivity contribution in [3.8, 4) is 11.5 Å². The van der Waals surface area contributed by atoms with Crippen molar-refractivity contribution in [2.24, 2.45) is 0 Å². The maximum absolute atomic E-state index is 13.2. The Labute approximate surface area is 242 Å². The first-order valence-corrected chi connectivity index (χ1v) is 12.9. The highest BCUT2D eigenvalue weighted by Gasteiger charge is 2.37. The molecule has 0 unspecified atom stereocenters. The Morgan fingerprint density at radius 3 is 2.16 bits per heavy atom. The standard InChI is InChI=1S/C26H17Cl5N2O5/c1-2-37-22-10-14(9-21(31)23(22)38-12-13-3-5-17(27)19(29)8-13)7-16-24(34)32-26(36)33(25(16)35)15-4-6-18(28)20(30)11-15/h3-11H,2,12H2,1H3,(H,32,34,36)/b16-7+. The molecule has 4 rings (SSSR count). The van der Waals surface area contributed by atoms with Crippen molar-refractivity contribution in [1.29, 1.82) is 0 Å². The number of hydrogen-bond acceptors (Lipinski definition) is 5. The molecule has 4 amide bonds. The molecule has 1 aliphatic heterocycles. The Kier molecular flexibility index (Phi) is 8.75. The third-order valence-corrected chi connectivity index (χ3v) is 7.03. The molecule has 0 saturated carbocycles. The summed E-state index contributed by atoms with van der Waals surface area (Å²) in [6.07, 6.45) is 1.30. The molecule has 3 aromatic rings. The second-order valence-corrected chi connectivity index (χ2v) is 9.89. The van der Waals surface area contributed by atoms with Crippen LogP contribution >= 0.6 is 58.0 Å². The van der Waals surface area contributed by atoms with Gasteiger partial charge in [0.2, 0.25) is 0 Å². The molecule has 0 aromatic heterocycles. The number of imide groups is 2. The third-order valence-electron chi connectivity index (χ3n) is 5.27. The van der Waals surface area contributed by atoms with Crippen LogP contribution in [0.1, 0.15) is 18.1 Å². The Balaban J connectivity index is 1.66. The van der Waals surface area contributed by atoms with Gasteiger partial charge in [-0.2, -0.15) is 0 Å². The van der Waals surface area contributed by atoms with Crippen molar-refractivity contribution < 1.29 is 23.9 Å². The van der Waals surface area contributed by atoms with Crippen LogP contribution in [-0.4, -0.2) is 24.5 Å². The van der Waals surface area contributed by atoms with E-state index in [4.69, 9.17) is 67.5 Å².